The second-order valence-electron chi connectivity index (χ2n) is 7.40. The Morgan fingerprint density at radius 1 is 1.18 bits per heavy atom. The van der Waals surface area contributed by atoms with Crippen molar-refractivity contribution in [2.45, 2.75) is 39.0 Å². The fourth-order valence-electron chi connectivity index (χ4n) is 3.53. The van der Waals surface area contributed by atoms with Crippen LogP contribution in [0.5, 0.6) is 0 Å². The molecule has 1 fully saturated rings. The highest BCUT2D eigenvalue weighted by atomic mass is 32.1. The van der Waals surface area contributed by atoms with Crippen molar-refractivity contribution in [2.75, 3.05) is 40.3 Å². The Bertz CT molecular complexity index is 652. The van der Waals surface area contributed by atoms with E-state index < -0.39 is 0 Å². The van der Waals surface area contributed by atoms with Crippen molar-refractivity contribution in [1.29, 1.82) is 0 Å². The first-order valence-corrected chi connectivity index (χ1v) is 10.9. The number of hydrogen-bond acceptors (Lipinski definition) is 4. The van der Waals surface area contributed by atoms with Crippen LogP contribution in [0.3, 0.4) is 0 Å². The Kier molecular flexibility index (Phi) is 8.76. The van der Waals surface area contributed by atoms with Crippen LogP contribution in [0, 0.1) is 5.41 Å². The van der Waals surface area contributed by atoms with Crippen LogP contribution in [0.15, 0.2) is 22.5 Å². The van der Waals surface area contributed by atoms with Gasteiger partial charge in [0.15, 0.2) is 5.96 Å². The lowest BCUT2D eigenvalue weighted by Crippen LogP contribution is -2.43. The van der Waals surface area contributed by atoms with Crippen LogP contribution in [-0.4, -0.2) is 62.9 Å². The zero-order valence-electron chi connectivity index (χ0n) is 17.2. The summed E-state index contributed by atoms with van der Waals surface area (Å²) in [6.07, 6.45) is 4.78. The molecule has 0 unspecified atom stereocenters. The van der Waals surface area contributed by atoms with E-state index in [-0.39, 0.29) is 17.2 Å². The second kappa shape index (κ2) is 11.0. The molecule has 1 aromatic heterocycles. The Morgan fingerprint density at radius 3 is 2.50 bits per heavy atom. The molecular weight excluding hydrogens is 374 g/mol. The summed E-state index contributed by atoms with van der Waals surface area (Å²) in [4.78, 5) is 31.7. The fourth-order valence-corrected chi connectivity index (χ4v) is 4.17. The number of aliphatic imine (C=N–C) groups is 1. The fraction of sp³-hybridized carbons (Fsp3) is 0.650. The van der Waals surface area contributed by atoms with Crippen LogP contribution in [-0.2, 0) is 4.79 Å². The minimum atomic E-state index is -0.361. The highest BCUT2D eigenvalue weighted by molar-refractivity contribution is 7.12. The minimum Gasteiger partial charge on any atom is -0.357 e. The summed E-state index contributed by atoms with van der Waals surface area (Å²) in [5, 5.41) is 11.4. The first kappa shape index (κ1) is 22.2. The molecule has 0 atom stereocenters. The van der Waals surface area contributed by atoms with Crippen LogP contribution in [0.4, 0.5) is 0 Å². The molecule has 0 aliphatic heterocycles. The van der Waals surface area contributed by atoms with Crippen LogP contribution in [0.25, 0.3) is 0 Å². The average molecular weight is 408 g/mol. The van der Waals surface area contributed by atoms with Gasteiger partial charge in [-0.15, -0.1) is 11.3 Å². The van der Waals surface area contributed by atoms with Gasteiger partial charge in [-0.2, -0.15) is 0 Å². The van der Waals surface area contributed by atoms with Gasteiger partial charge >= 0.3 is 0 Å². The highest BCUT2D eigenvalue weighted by Crippen LogP contribution is 2.39. The second-order valence-corrected chi connectivity index (χ2v) is 8.34. The van der Waals surface area contributed by atoms with E-state index in [9.17, 15) is 9.59 Å². The van der Waals surface area contributed by atoms with Crippen molar-refractivity contribution in [3.8, 4) is 0 Å². The molecular formula is C20H33N5O2S. The van der Waals surface area contributed by atoms with E-state index in [1.165, 1.54) is 11.3 Å². The molecule has 1 heterocycles. The van der Waals surface area contributed by atoms with Gasteiger partial charge in [0.25, 0.3) is 5.91 Å². The third kappa shape index (κ3) is 6.22. The predicted molar refractivity (Wildman–Crippen MR) is 115 cm³/mol. The summed E-state index contributed by atoms with van der Waals surface area (Å²) >= 11 is 1.44. The molecule has 0 aromatic carbocycles. The van der Waals surface area contributed by atoms with Crippen molar-refractivity contribution in [2.24, 2.45) is 10.4 Å². The lowest BCUT2D eigenvalue weighted by molar-refractivity contribution is -0.138. The van der Waals surface area contributed by atoms with Crippen LogP contribution >= 0.6 is 11.3 Å². The summed E-state index contributed by atoms with van der Waals surface area (Å²) in [7, 11) is 3.64. The summed E-state index contributed by atoms with van der Waals surface area (Å²) in [5.74, 6) is 0.881. The van der Waals surface area contributed by atoms with Gasteiger partial charge in [-0.05, 0) is 37.6 Å². The molecule has 156 valence electrons. The van der Waals surface area contributed by atoms with Gasteiger partial charge in [-0.3, -0.25) is 14.6 Å². The van der Waals surface area contributed by atoms with Crippen molar-refractivity contribution >= 4 is 29.1 Å². The van der Waals surface area contributed by atoms with Crippen molar-refractivity contribution in [3.63, 3.8) is 0 Å². The Balaban J connectivity index is 1.81. The van der Waals surface area contributed by atoms with E-state index in [0.717, 1.165) is 49.5 Å². The number of carbonyl (C=O) groups is 2. The largest absolute Gasteiger partial charge is 0.357 e. The lowest BCUT2D eigenvalue weighted by Gasteiger charge is -2.29. The van der Waals surface area contributed by atoms with Crippen molar-refractivity contribution < 1.29 is 9.59 Å². The van der Waals surface area contributed by atoms with Crippen molar-refractivity contribution in [1.82, 2.24) is 20.9 Å². The molecule has 0 saturated heterocycles. The number of nitrogens with one attached hydrogen (secondary N) is 3. The summed E-state index contributed by atoms with van der Waals surface area (Å²) in [6.45, 7) is 4.59. The SMILES string of the molecule is CCNC(=NCC1(C(=O)N(C)C)CCCC1)NCCCNC(=O)c1cccs1. The molecule has 28 heavy (non-hydrogen) atoms. The lowest BCUT2D eigenvalue weighted by atomic mass is 9.85. The first-order valence-electron chi connectivity index (χ1n) is 10.0. The van der Waals surface area contributed by atoms with Gasteiger partial charge in [-0.25, -0.2) is 0 Å². The molecule has 1 aliphatic rings. The zero-order chi connectivity index (χ0) is 20.4. The van der Waals surface area contributed by atoms with Gasteiger partial charge in [0.2, 0.25) is 5.91 Å². The van der Waals surface area contributed by atoms with Crippen LogP contribution < -0.4 is 16.0 Å². The van der Waals surface area contributed by atoms with Gasteiger partial charge in [0.1, 0.15) is 0 Å². The normalized spacial score (nSPS) is 15.9. The van der Waals surface area contributed by atoms with Gasteiger partial charge in [0.05, 0.1) is 16.8 Å². The maximum absolute atomic E-state index is 12.7. The Morgan fingerprint density at radius 2 is 1.89 bits per heavy atom. The Hall–Kier alpha value is -2.09. The molecule has 3 N–H and O–H groups in total. The standard InChI is InChI=1S/C20H33N5O2S/c1-4-21-19(23-13-8-12-22-17(26)16-9-7-14-28-16)24-15-20(10-5-6-11-20)18(27)25(2)3/h7,9,14H,4-6,8,10-13,15H2,1-3H3,(H,22,26)(H2,21,23,24). The molecule has 2 amide bonds. The van der Waals surface area contributed by atoms with E-state index in [0.29, 0.717) is 19.6 Å². The quantitative estimate of drug-likeness (QED) is 0.332. The van der Waals surface area contributed by atoms with Crippen molar-refractivity contribution in [3.05, 3.63) is 22.4 Å². The molecule has 7 nitrogen and oxygen atoms in total. The Labute approximate surface area is 172 Å². The van der Waals surface area contributed by atoms with Crippen LogP contribution in [0.1, 0.15) is 48.7 Å². The summed E-state index contributed by atoms with van der Waals surface area (Å²) in [5.41, 5.74) is -0.361. The molecule has 0 bridgehead atoms. The monoisotopic (exact) mass is 407 g/mol. The van der Waals surface area contributed by atoms with E-state index >= 15 is 0 Å². The minimum absolute atomic E-state index is 0.0269. The van der Waals surface area contributed by atoms with E-state index in [1.54, 1.807) is 4.90 Å². The highest BCUT2D eigenvalue weighted by Gasteiger charge is 2.42. The average Bonchev–Trinajstić information content (AvgIpc) is 3.37. The number of thiophene rings is 1. The zero-order valence-corrected chi connectivity index (χ0v) is 18.0. The predicted octanol–water partition coefficient (Wildman–Crippen LogP) is 2.07. The van der Waals surface area contributed by atoms with E-state index in [1.807, 2.05) is 38.5 Å². The molecule has 2 rings (SSSR count). The number of rotatable bonds is 9. The molecule has 1 saturated carbocycles. The molecule has 0 radical (unpaired) electrons. The number of guanidine groups is 1. The third-order valence-electron chi connectivity index (χ3n) is 4.98. The van der Waals surface area contributed by atoms with Crippen LogP contribution in [0.2, 0.25) is 0 Å². The smallest absolute Gasteiger partial charge is 0.261 e. The third-order valence-corrected chi connectivity index (χ3v) is 5.85. The van der Waals surface area contributed by atoms with Gasteiger partial charge in [-0.1, -0.05) is 18.9 Å². The van der Waals surface area contributed by atoms with Gasteiger partial charge in [0, 0.05) is 33.7 Å². The first-order chi connectivity index (χ1) is 13.5. The van der Waals surface area contributed by atoms with E-state index in [4.69, 9.17) is 4.99 Å². The number of nitrogens with zero attached hydrogens (tertiary/aromatic N) is 2. The summed E-state index contributed by atoms with van der Waals surface area (Å²) < 4.78 is 0. The maximum Gasteiger partial charge on any atom is 0.261 e. The van der Waals surface area contributed by atoms with Gasteiger partial charge < -0.3 is 20.9 Å². The number of hydrogen-bond donors (Lipinski definition) is 3. The summed E-state index contributed by atoms with van der Waals surface area (Å²) in [6, 6.07) is 3.69. The number of amides is 2. The number of carbonyl (C=O) groups excluding carboxylic acids is 2. The molecule has 1 aliphatic carbocycles. The molecule has 1 aromatic rings. The molecule has 8 heteroatoms. The maximum atomic E-state index is 12.7. The molecule has 0 spiro atoms. The van der Waals surface area contributed by atoms with E-state index in [2.05, 4.69) is 16.0 Å². The topological polar surface area (TPSA) is 85.8 Å².